The van der Waals surface area contributed by atoms with Gasteiger partial charge >= 0.3 is 0 Å². The number of nitrogens with zero attached hydrogens (tertiary/aromatic N) is 1. The Hall–Kier alpha value is -5.50. The molecule has 0 fully saturated rings. The number of nitrogens with one attached hydrogen (secondary N) is 3. The van der Waals surface area contributed by atoms with E-state index < -0.39 is 17.6 Å². The monoisotopic (exact) mass is 686 g/mol. The molecule has 1 aliphatic rings. The molecule has 0 spiro atoms. The van der Waals surface area contributed by atoms with Crippen LogP contribution in [0, 0.1) is 17.1 Å². The fourth-order valence-corrected chi connectivity index (χ4v) is 7.69. The highest BCUT2D eigenvalue weighted by atomic mass is 32.2. The van der Waals surface area contributed by atoms with Crippen molar-refractivity contribution in [1.29, 1.82) is 5.26 Å². The number of amides is 3. The summed E-state index contributed by atoms with van der Waals surface area (Å²) in [7, 11) is 0. The molecule has 1 atom stereocenters. The Bertz CT molecular complexity index is 2060. The van der Waals surface area contributed by atoms with Gasteiger partial charge in [-0.25, -0.2) is 4.39 Å². The summed E-state index contributed by atoms with van der Waals surface area (Å²) in [6, 6.07) is 33.8. The SMILES string of the molecule is N#Cc1c(NC(=O)CSc2cccc(NC(=O)/C(=C/c3ccc(F)cc3)NC(=O)c3ccccc3)c2)sc2c1CCC(c1ccccc1)C2. The molecule has 5 aromatic rings. The summed E-state index contributed by atoms with van der Waals surface area (Å²) in [5, 5.41) is 19.0. The molecule has 0 bridgehead atoms. The first-order valence-corrected chi connectivity index (χ1v) is 17.4. The Balaban J connectivity index is 1.10. The van der Waals surface area contributed by atoms with Crippen molar-refractivity contribution in [3.05, 3.63) is 153 Å². The van der Waals surface area contributed by atoms with Crippen molar-refractivity contribution in [2.24, 2.45) is 0 Å². The Labute approximate surface area is 291 Å². The second kappa shape index (κ2) is 15.6. The van der Waals surface area contributed by atoms with E-state index in [4.69, 9.17) is 0 Å². The molecule has 0 aliphatic heterocycles. The van der Waals surface area contributed by atoms with Crippen LogP contribution in [0.3, 0.4) is 0 Å². The van der Waals surface area contributed by atoms with Gasteiger partial charge in [-0.05, 0) is 90.4 Å². The Morgan fingerprint density at radius 1 is 0.918 bits per heavy atom. The highest BCUT2D eigenvalue weighted by Gasteiger charge is 2.27. The lowest BCUT2D eigenvalue weighted by Crippen LogP contribution is -2.30. The molecular formula is C39H31FN4O3S2. The van der Waals surface area contributed by atoms with Crippen molar-refractivity contribution in [1.82, 2.24) is 5.32 Å². The van der Waals surface area contributed by atoms with Gasteiger partial charge in [0.1, 0.15) is 22.6 Å². The zero-order valence-corrected chi connectivity index (χ0v) is 27.9. The molecular weight excluding hydrogens is 656 g/mol. The number of carbonyl (C=O) groups excluding carboxylic acids is 3. The lowest BCUT2D eigenvalue weighted by atomic mass is 9.83. The predicted octanol–water partition coefficient (Wildman–Crippen LogP) is 8.17. The van der Waals surface area contributed by atoms with Gasteiger partial charge in [0.05, 0.1) is 11.3 Å². The lowest BCUT2D eigenvalue weighted by Gasteiger charge is -2.22. The standard InChI is InChI=1S/C39H31FN4O3S2/c40-29-17-14-25(15-18-29)20-34(43-37(46)27-10-5-2-6-11-27)38(47)42-30-12-7-13-31(22-30)48-24-36(45)44-39-33(23-41)32-19-16-28(21-35(32)49-39)26-8-3-1-4-9-26/h1-15,17-18,20,22,28H,16,19,21,24H2,(H,42,47)(H,43,46)(H,44,45)/b34-20-. The second-order valence-electron chi connectivity index (χ2n) is 11.4. The van der Waals surface area contributed by atoms with E-state index in [0.717, 1.165) is 34.6 Å². The maximum atomic E-state index is 13.5. The van der Waals surface area contributed by atoms with Crippen molar-refractivity contribution in [3.63, 3.8) is 0 Å². The molecule has 1 aliphatic carbocycles. The molecule has 4 aromatic carbocycles. The van der Waals surface area contributed by atoms with E-state index in [0.29, 0.717) is 33.3 Å². The van der Waals surface area contributed by atoms with Gasteiger partial charge in [0, 0.05) is 21.0 Å². The van der Waals surface area contributed by atoms with Crippen molar-refractivity contribution in [3.8, 4) is 6.07 Å². The molecule has 0 radical (unpaired) electrons. The van der Waals surface area contributed by atoms with Crippen LogP contribution < -0.4 is 16.0 Å². The summed E-state index contributed by atoms with van der Waals surface area (Å²) in [6.07, 6.45) is 4.08. The van der Waals surface area contributed by atoms with Gasteiger partial charge in [0.2, 0.25) is 5.91 Å². The van der Waals surface area contributed by atoms with Crippen LogP contribution in [0.1, 0.15) is 49.8 Å². The minimum Gasteiger partial charge on any atom is -0.321 e. The highest BCUT2D eigenvalue weighted by Crippen LogP contribution is 2.42. The third kappa shape index (κ3) is 8.51. The molecule has 1 unspecified atom stereocenters. The van der Waals surface area contributed by atoms with Gasteiger partial charge in [-0.15, -0.1) is 23.1 Å². The molecule has 1 heterocycles. The summed E-state index contributed by atoms with van der Waals surface area (Å²) in [6.45, 7) is 0. The van der Waals surface area contributed by atoms with Crippen molar-refractivity contribution in [2.45, 2.75) is 30.1 Å². The van der Waals surface area contributed by atoms with E-state index in [9.17, 15) is 24.0 Å². The quantitative estimate of drug-likeness (QED) is 0.101. The zero-order chi connectivity index (χ0) is 34.2. The third-order valence-electron chi connectivity index (χ3n) is 8.07. The molecule has 49 heavy (non-hydrogen) atoms. The fraction of sp³-hybridized carbons (Fsp3) is 0.128. The molecule has 6 rings (SSSR count). The van der Waals surface area contributed by atoms with Gasteiger partial charge < -0.3 is 16.0 Å². The Morgan fingerprint density at radius 2 is 1.65 bits per heavy atom. The lowest BCUT2D eigenvalue weighted by molar-refractivity contribution is -0.114. The first-order chi connectivity index (χ1) is 23.9. The minimum absolute atomic E-state index is 0.0278. The number of halogens is 1. The third-order valence-corrected chi connectivity index (χ3v) is 10.2. The summed E-state index contributed by atoms with van der Waals surface area (Å²) < 4.78 is 13.5. The molecule has 1 aromatic heterocycles. The maximum absolute atomic E-state index is 13.5. The largest absolute Gasteiger partial charge is 0.321 e. The molecule has 7 nitrogen and oxygen atoms in total. The van der Waals surface area contributed by atoms with Crippen molar-refractivity contribution in [2.75, 3.05) is 16.4 Å². The van der Waals surface area contributed by atoms with Crippen LogP contribution in [0.5, 0.6) is 0 Å². The smallest absolute Gasteiger partial charge is 0.272 e. The molecule has 3 N–H and O–H groups in total. The topological polar surface area (TPSA) is 111 Å². The number of carbonyl (C=O) groups is 3. The number of anilines is 2. The average Bonchev–Trinajstić information content (AvgIpc) is 3.48. The molecule has 10 heteroatoms. The second-order valence-corrected chi connectivity index (χ2v) is 13.6. The van der Waals surface area contributed by atoms with Crippen LogP contribution in [0.4, 0.5) is 15.1 Å². The Kier molecular flexibility index (Phi) is 10.6. The molecule has 3 amide bonds. The van der Waals surface area contributed by atoms with Gasteiger partial charge in [0.25, 0.3) is 11.8 Å². The number of nitriles is 1. The van der Waals surface area contributed by atoms with Crippen LogP contribution in [0.15, 0.2) is 120 Å². The molecule has 0 saturated heterocycles. The maximum Gasteiger partial charge on any atom is 0.272 e. The van der Waals surface area contributed by atoms with E-state index >= 15 is 0 Å². The number of fused-ring (bicyclic) bond motifs is 1. The van der Waals surface area contributed by atoms with Crippen molar-refractivity contribution < 1.29 is 18.8 Å². The van der Waals surface area contributed by atoms with Gasteiger partial charge in [0.15, 0.2) is 0 Å². The van der Waals surface area contributed by atoms with E-state index in [-0.39, 0.29) is 17.4 Å². The number of thioether (sulfide) groups is 1. The molecule has 0 saturated carbocycles. The van der Waals surface area contributed by atoms with E-state index in [1.807, 2.05) is 24.3 Å². The first-order valence-electron chi connectivity index (χ1n) is 15.6. The first kappa shape index (κ1) is 33.4. The van der Waals surface area contributed by atoms with Gasteiger partial charge in [-0.2, -0.15) is 5.26 Å². The predicted molar refractivity (Wildman–Crippen MR) is 193 cm³/mol. The van der Waals surface area contributed by atoms with Crippen LogP contribution >= 0.6 is 23.1 Å². The van der Waals surface area contributed by atoms with E-state index in [2.05, 4.69) is 34.2 Å². The van der Waals surface area contributed by atoms with Gasteiger partial charge in [-0.3, -0.25) is 14.4 Å². The molecule has 244 valence electrons. The number of hydrogen-bond acceptors (Lipinski definition) is 6. The van der Waals surface area contributed by atoms with E-state index in [1.165, 1.54) is 59.0 Å². The summed E-state index contributed by atoms with van der Waals surface area (Å²) >= 11 is 2.78. The number of thiophene rings is 1. The van der Waals surface area contributed by atoms with Crippen LogP contribution in [0.2, 0.25) is 0 Å². The van der Waals surface area contributed by atoms with Gasteiger partial charge in [-0.1, -0.05) is 66.7 Å². The Morgan fingerprint density at radius 3 is 2.39 bits per heavy atom. The zero-order valence-electron chi connectivity index (χ0n) is 26.2. The van der Waals surface area contributed by atoms with Crippen LogP contribution in [-0.4, -0.2) is 23.5 Å². The summed E-state index contributed by atoms with van der Waals surface area (Å²) in [5.41, 5.74) is 4.21. The number of benzene rings is 4. The minimum atomic E-state index is -0.575. The van der Waals surface area contributed by atoms with Crippen LogP contribution in [0.25, 0.3) is 6.08 Å². The normalized spacial score (nSPS) is 13.9. The average molecular weight is 687 g/mol. The summed E-state index contributed by atoms with van der Waals surface area (Å²) in [4.78, 5) is 41.3. The van der Waals surface area contributed by atoms with Crippen LogP contribution in [-0.2, 0) is 22.4 Å². The fourth-order valence-electron chi connectivity index (χ4n) is 5.64. The number of hydrogen-bond donors (Lipinski definition) is 3. The van der Waals surface area contributed by atoms with Crippen molar-refractivity contribution >= 4 is 57.6 Å². The number of rotatable bonds is 10. The summed E-state index contributed by atoms with van der Waals surface area (Å²) in [5.74, 6) is -1.21. The van der Waals surface area contributed by atoms with E-state index in [1.54, 1.807) is 48.5 Å². The highest BCUT2D eigenvalue weighted by molar-refractivity contribution is 8.00.